The fourth-order valence-electron chi connectivity index (χ4n) is 1.93. The van der Waals surface area contributed by atoms with Gasteiger partial charge in [-0.1, -0.05) is 18.2 Å². The molecule has 1 aliphatic heterocycles. The van der Waals surface area contributed by atoms with Gasteiger partial charge in [-0.25, -0.2) is 0 Å². The van der Waals surface area contributed by atoms with Crippen LogP contribution in [0.3, 0.4) is 0 Å². The van der Waals surface area contributed by atoms with E-state index in [9.17, 15) is 4.79 Å². The van der Waals surface area contributed by atoms with Gasteiger partial charge in [0, 0.05) is 5.69 Å². The first-order chi connectivity index (χ1) is 7.89. The smallest absolute Gasteiger partial charge is 0.310 e. The van der Waals surface area contributed by atoms with Crippen molar-refractivity contribution >= 4 is 17.7 Å². The first-order valence-corrected chi connectivity index (χ1v) is 5.73. The summed E-state index contributed by atoms with van der Waals surface area (Å²) in [7, 11) is 0. The molecule has 0 amide bonds. The monoisotopic (exact) mass is 231 g/mol. The number of hydrogen-bond acceptors (Lipinski definition) is 2. The number of carboxylic acid groups (broad SMARTS) is 1. The fourth-order valence-corrected chi connectivity index (χ4v) is 1.93. The average Bonchev–Trinajstić information content (AvgIpc) is 2.26. The summed E-state index contributed by atoms with van der Waals surface area (Å²) in [6.07, 6.45) is 4.13. The van der Waals surface area contributed by atoms with Crippen LogP contribution in [0.5, 0.6) is 0 Å². The molecule has 0 aliphatic carbocycles. The number of aliphatic carboxylic acids is 1. The molecule has 3 nitrogen and oxygen atoms in total. The van der Waals surface area contributed by atoms with Crippen LogP contribution in [-0.2, 0) is 4.79 Å². The van der Waals surface area contributed by atoms with E-state index in [2.05, 4.69) is 25.2 Å². The maximum absolute atomic E-state index is 10.9. The van der Waals surface area contributed by atoms with Gasteiger partial charge < -0.3 is 10.4 Å². The summed E-state index contributed by atoms with van der Waals surface area (Å²) in [5, 5.41) is 12.4. The van der Waals surface area contributed by atoms with E-state index in [4.69, 9.17) is 5.11 Å². The van der Waals surface area contributed by atoms with Gasteiger partial charge >= 0.3 is 5.97 Å². The molecule has 0 radical (unpaired) electrons. The molecule has 1 atom stereocenters. The lowest BCUT2D eigenvalue weighted by Gasteiger charge is -2.29. The van der Waals surface area contributed by atoms with E-state index >= 15 is 0 Å². The van der Waals surface area contributed by atoms with E-state index < -0.39 is 11.9 Å². The molecule has 0 spiro atoms. The molecule has 2 N–H and O–H groups in total. The van der Waals surface area contributed by atoms with E-state index in [1.165, 1.54) is 0 Å². The summed E-state index contributed by atoms with van der Waals surface area (Å²) in [6, 6.07) is 5.77. The highest BCUT2D eigenvalue weighted by molar-refractivity contribution is 5.78. The molecule has 0 aromatic heterocycles. The lowest BCUT2D eigenvalue weighted by atomic mass is 9.93. The third-order valence-corrected chi connectivity index (χ3v) is 3.08. The summed E-state index contributed by atoms with van der Waals surface area (Å²) in [6.45, 7) is 5.90. The van der Waals surface area contributed by atoms with Gasteiger partial charge in [0.05, 0.1) is 11.5 Å². The summed E-state index contributed by atoms with van der Waals surface area (Å²) in [4.78, 5) is 10.9. The number of carbonyl (C=O) groups is 1. The SMILES string of the molecule is CC(C(=O)O)c1ccc2c(c1)C=CC(C)(C)N2. The third kappa shape index (κ3) is 2.33. The summed E-state index contributed by atoms with van der Waals surface area (Å²) < 4.78 is 0. The fraction of sp³-hybridized carbons (Fsp3) is 0.357. The molecule has 1 aliphatic rings. The van der Waals surface area contributed by atoms with Gasteiger partial charge in [-0.05, 0) is 44.0 Å². The molecule has 3 heteroatoms. The van der Waals surface area contributed by atoms with Crippen molar-refractivity contribution in [3.05, 3.63) is 35.4 Å². The molecular formula is C14H17NO2. The van der Waals surface area contributed by atoms with E-state index in [-0.39, 0.29) is 5.54 Å². The largest absolute Gasteiger partial charge is 0.481 e. The van der Waals surface area contributed by atoms with Crippen LogP contribution < -0.4 is 5.32 Å². The molecule has 90 valence electrons. The molecule has 1 unspecified atom stereocenters. The van der Waals surface area contributed by atoms with Gasteiger partial charge in [-0.3, -0.25) is 4.79 Å². The second-order valence-corrected chi connectivity index (χ2v) is 5.09. The zero-order valence-electron chi connectivity index (χ0n) is 10.3. The first-order valence-electron chi connectivity index (χ1n) is 5.73. The Morgan fingerprint density at radius 3 is 2.76 bits per heavy atom. The quantitative estimate of drug-likeness (QED) is 0.822. The summed E-state index contributed by atoms with van der Waals surface area (Å²) in [5.41, 5.74) is 2.89. The molecule has 0 bridgehead atoms. The van der Waals surface area contributed by atoms with Crippen LogP contribution in [0.15, 0.2) is 24.3 Å². The summed E-state index contributed by atoms with van der Waals surface area (Å²) >= 11 is 0. The molecule has 0 saturated heterocycles. The molecule has 0 fully saturated rings. The van der Waals surface area contributed by atoms with E-state index in [0.717, 1.165) is 16.8 Å². The van der Waals surface area contributed by atoms with Gasteiger partial charge in [0.2, 0.25) is 0 Å². The second-order valence-electron chi connectivity index (χ2n) is 5.09. The maximum atomic E-state index is 10.9. The maximum Gasteiger partial charge on any atom is 0.310 e. The number of hydrogen-bond donors (Lipinski definition) is 2. The zero-order valence-corrected chi connectivity index (χ0v) is 10.3. The van der Waals surface area contributed by atoms with Crippen molar-refractivity contribution in [3.8, 4) is 0 Å². The average molecular weight is 231 g/mol. The second kappa shape index (κ2) is 3.91. The van der Waals surface area contributed by atoms with Gasteiger partial charge in [-0.2, -0.15) is 0 Å². The first kappa shape index (κ1) is 11.7. The minimum atomic E-state index is -0.793. The number of rotatable bonds is 2. The molecule has 2 rings (SSSR count). The molecule has 0 saturated carbocycles. The Morgan fingerprint density at radius 1 is 1.41 bits per heavy atom. The van der Waals surface area contributed by atoms with Gasteiger partial charge in [0.1, 0.15) is 0 Å². The zero-order chi connectivity index (χ0) is 12.6. The lowest BCUT2D eigenvalue weighted by Crippen LogP contribution is -2.30. The van der Waals surface area contributed by atoms with Crippen LogP contribution in [-0.4, -0.2) is 16.6 Å². The standard InChI is InChI=1S/C14H17NO2/c1-9(13(16)17)10-4-5-12-11(8-10)6-7-14(2,3)15-12/h4-9,15H,1-3H3,(H,16,17). The van der Waals surface area contributed by atoms with Gasteiger partial charge in [0.15, 0.2) is 0 Å². The van der Waals surface area contributed by atoms with Crippen LogP contribution in [0.4, 0.5) is 5.69 Å². The van der Waals surface area contributed by atoms with Crippen molar-refractivity contribution < 1.29 is 9.90 Å². The Bertz CT molecular complexity index is 489. The predicted molar refractivity (Wildman–Crippen MR) is 69.2 cm³/mol. The Balaban J connectivity index is 2.37. The van der Waals surface area contributed by atoms with Crippen LogP contribution in [0.1, 0.15) is 37.8 Å². The Hall–Kier alpha value is -1.77. The van der Waals surface area contributed by atoms with Crippen LogP contribution in [0, 0.1) is 0 Å². The van der Waals surface area contributed by atoms with Crippen LogP contribution >= 0.6 is 0 Å². The van der Waals surface area contributed by atoms with Crippen molar-refractivity contribution in [1.82, 2.24) is 0 Å². The highest BCUT2D eigenvalue weighted by Gasteiger charge is 2.20. The van der Waals surface area contributed by atoms with Gasteiger partial charge in [0.25, 0.3) is 0 Å². The van der Waals surface area contributed by atoms with Crippen molar-refractivity contribution in [1.29, 1.82) is 0 Å². The topological polar surface area (TPSA) is 49.3 Å². The number of benzene rings is 1. The number of anilines is 1. The number of carboxylic acids is 1. The van der Waals surface area contributed by atoms with E-state index in [0.29, 0.717) is 0 Å². The molecule has 1 aromatic rings. The minimum Gasteiger partial charge on any atom is -0.481 e. The van der Waals surface area contributed by atoms with Crippen LogP contribution in [0.25, 0.3) is 6.08 Å². The molecule has 17 heavy (non-hydrogen) atoms. The Labute approximate surface area is 101 Å². The number of nitrogens with one attached hydrogen (secondary N) is 1. The van der Waals surface area contributed by atoms with Crippen molar-refractivity contribution in [3.63, 3.8) is 0 Å². The number of fused-ring (bicyclic) bond motifs is 1. The highest BCUT2D eigenvalue weighted by Crippen LogP contribution is 2.30. The van der Waals surface area contributed by atoms with E-state index in [1.54, 1.807) is 6.92 Å². The lowest BCUT2D eigenvalue weighted by molar-refractivity contribution is -0.138. The van der Waals surface area contributed by atoms with Gasteiger partial charge in [-0.15, -0.1) is 0 Å². The molecular weight excluding hydrogens is 214 g/mol. The normalized spacial score (nSPS) is 18.1. The van der Waals surface area contributed by atoms with Crippen LogP contribution in [0.2, 0.25) is 0 Å². The Morgan fingerprint density at radius 2 is 2.12 bits per heavy atom. The molecule has 1 aromatic carbocycles. The third-order valence-electron chi connectivity index (χ3n) is 3.08. The minimum absolute atomic E-state index is 0.0487. The van der Waals surface area contributed by atoms with Crippen molar-refractivity contribution in [2.45, 2.75) is 32.2 Å². The summed E-state index contributed by atoms with van der Waals surface area (Å²) in [5.74, 6) is -1.26. The Kier molecular flexibility index (Phi) is 2.69. The van der Waals surface area contributed by atoms with Crippen molar-refractivity contribution in [2.75, 3.05) is 5.32 Å². The predicted octanol–water partition coefficient (Wildman–Crippen LogP) is 3.09. The van der Waals surface area contributed by atoms with E-state index in [1.807, 2.05) is 24.3 Å². The highest BCUT2D eigenvalue weighted by atomic mass is 16.4. The molecule has 1 heterocycles. The van der Waals surface area contributed by atoms with Crippen molar-refractivity contribution in [2.24, 2.45) is 0 Å².